The Morgan fingerprint density at radius 2 is 2.21 bits per heavy atom. The minimum absolute atomic E-state index is 0.546. The second kappa shape index (κ2) is 7.96. The van der Waals surface area contributed by atoms with Crippen molar-refractivity contribution >= 4 is 11.8 Å². The van der Waals surface area contributed by atoms with Gasteiger partial charge in [0.15, 0.2) is 0 Å². The standard InChI is InChI=1S/C17H27NS/c1-3-7-14-8-5-9-15(13-14)17(18-11-4-2)16-10-6-12-19-16/h5,8-9,13,16-18H,3-4,6-7,10-12H2,1-2H3. The SMILES string of the molecule is CCCNC(c1cccc(CCC)c1)C1CCCS1. The molecule has 0 saturated carbocycles. The Morgan fingerprint density at radius 1 is 1.32 bits per heavy atom. The fourth-order valence-corrected chi connectivity index (χ4v) is 4.28. The van der Waals surface area contributed by atoms with Gasteiger partial charge in [-0.25, -0.2) is 0 Å². The second-order valence-electron chi connectivity index (χ2n) is 5.48. The molecule has 0 bridgehead atoms. The Balaban J connectivity index is 2.13. The summed E-state index contributed by atoms with van der Waals surface area (Å²) in [6, 6.07) is 9.79. The highest BCUT2D eigenvalue weighted by molar-refractivity contribution is 8.00. The van der Waals surface area contributed by atoms with Gasteiger partial charge < -0.3 is 5.32 Å². The van der Waals surface area contributed by atoms with Gasteiger partial charge in [0.25, 0.3) is 0 Å². The maximum atomic E-state index is 3.78. The van der Waals surface area contributed by atoms with Gasteiger partial charge in [0, 0.05) is 11.3 Å². The highest BCUT2D eigenvalue weighted by atomic mass is 32.2. The van der Waals surface area contributed by atoms with Crippen molar-refractivity contribution < 1.29 is 0 Å². The number of nitrogens with one attached hydrogen (secondary N) is 1. The van der Waals surface area contributed by atoms with Crippen molar-refractivity contribution in [1.82, 2.24) is 5.32 Å². The van der Waals surface area contributed by atoms with E-state index in [1.807, 2.05) is 0 Å². The highest BCUT2D eigenvalue weighted by Gasteiger charge is 2.26. The molecule has 1 saturated heterocycles. The van der Waals surface area contributed by atoms with Gasteiger partial charge in [-0.2, -0.15) is 11.8 Å². The molecule has 0 spiro atoms. The molecule has 2 rings (SSSR count). The van der Waals surface area contributed by atoms with E-state index >= 15 is 0 Å². The maximum absolute atomic E-state index is 3.78. The van der Waals surface area contributed by atoms with Crippen molar-refractivity contribution in [2.24, 2.45) is 0 Å². The molecule has 0 radical (unpaired) electrons. The second-order valence-corrected chi connectivity index (χ2v) is 6.83. The first-order valence-corrected chi connectivity index (χ1v) is 8.83. The monoisotopic (exact) mass is 277 g/mol. The number of thioether (sulfide) groups is 1. The molecule has 19 heavy (non-hydrogen) atoms. The number of hydrogen-bond donors (Lipinski definition) is 1. The van der Waals surface area contributed by atoms with Gasteiger partial charge in [-0.15, -0.1) is 0 Å². The summed E-state index contributed by atoms with van der Waals surface area (Å²) in [5, 5.41) is 4.54. The van der Waals surface area contributed by atoms with Crippen LogP contribution in [0.15, 0.2) is 24.3 Å². The van der Waals surface area contributed by atoms with Crippen LogP contribution in [0.25, 0.3) is 0 Å². The van der Waals surface area contributed by atoms with Crippen LogP contribution in [0.3, 0.4) is 0 Å². The fraction of sp³-hybridized carbons (Fsp3) is 0.647. The van der Waals surface area contributed by atoms with Crippen LogP contribution in [0.2, 0.25) is 0 Å². The van der Waals surface area contributed by atoms with Crippen molar-refractivity contribution in [2.45, 2.75) is 57.2 Å². The van der Waals surface area contributed by atoms with E-state index in [4.69, 9.17) is 0 Å². The largest absolute Gasteiger partial charge is 0.309 e. The average molecular weight is 277 g/mol. The van der Waals surface area contributed by atoms with Gasteiger partial charge in [-0.1, -0.05) is 44.5 Å². The summed E-state index contributed by atoms with van der Waals surface area (Å²) in [5.74, 6) is 1.34. The quantitative estimate of drug-likeness (QED) is 0.783. The molecule has 1 aromatic rings. The zero-order valence-corrected chi connectivity index (χ0v) is 13.1. The van der Waals surface area contributed by atoms with E-state index in [1.54, 1.807) is 0 Å². The molecule has 1 fully saturated rings. The third kappa shape index (κ3) is 4.25. The lowest BCUT2D eigenvalue weighted by Gasteiger charge is -2.25. The smallest absolute Gasteiger partial charge is 0.0440 e. The number of rotatable bonds is 7. The van der Waals surface area contributed by atoms with E-state index < -0.39 is 0 Å². The molecule has 1 heterocycles. The maximum Gasteiger partial charge on any atom is 0.0440 e. The van der Waals surface area contributed by atoms with E-state index in [0.29, 0.717) is 6.04 Å². The zero-order chi connectivity index (χ0) is 13.5. The van der Waals surface area contributed by atoms with Crippen LogP contribution >= 0.6 is 11.8 Å². The summed E-state index contributed by atoms with van der Waals surface area (Å²) in [7, 11) is 0. The molecule has 0 amide bonds. The van der Waals surface area contributed by atoms with Crippen LogP contribution in [-0.4, -0.2) is 17.5 Å². The molecule has 2 heteroatoms. The van der Waals surface area contributed by atoms with Gasteiger partial charge in [0.1, 0.15) is 0 Å². The summed E-state index contributed by atoms with van der Waals surface area (Å²) in [5.41, 5.74) is 2.99. The number of benzene rings is 1. The van der Waals surface area contributed by atoms with Crippen LogP contribution in [0, 0.1) is 0 Å². The van der Waals surface area contributed by atoms with E-state index in [9.17, 15) is 0 Å². The Hall–Kier alpha value is -0.470. The first kappa shape index (κ1) is 14.9. The van der Waals surface area contributed by atoms with Crippen LogP contribution in [0.5, 0.6) is 0 Å². The molecule has 2 unspecified atom stereocenters. The molecule has 1 aliphatic rings. The normalized spacial score (nSPS) is 20.6. The summed E-state index contributed by atoms with van der Waals surface area (Å²) >= 11 is 2.15. The summed E-state index contributed by atoms with van der Waals surface area (Å²) < 4.78 is 0. The lowest BCUT2D eigenvalue weighted by molar-refractivity contribution is 0.503. The first-order chi connectivity index (χ1) is 9.35. The highest BCUT2D eigenvalue weighted by Crippen LogP contribution is 2.36. The lowest BCUT2D eigenvalue weighted by atomic mass is 9.97. The molecule has 2 atom stereocenters. The average Bonchev–Trinajstić information content (AvgIpc) is 2.94. The van der Waals surface area contributed by atoms with Crippen molar-refractivity contribution in [1.29, 1.82) is 0 Å². The van der Waals surface area contributed by atoms with Crippen LogP contribution < -0.4 is 5.32 Å². The molecular formula is C17H27NS. The van der Waals surface area contributed by atoms with Crippen molar-refractivity contribution in [3.8, 4) is 0 Å². The number of aryl methyl sites for hydroxylation is 1. The van der Waals surface area contributed by atoms with Crippen molar-refractivity contribution in [3.63, 3.8) is 0 Å². The molecule has 106 valence electrons. The van der Waals surface area contributed by atoms with Crippen LogP contribution in [0.4, 0.5) is 0 Å². The minimum Gasteiger partial charge on any atom is -0.309 e. The predicted octanol–water partition coefficient (Wildman–Crippen LogP) is 4.58. The summed E-state index contributed by atoms with van der Waals surface area (Å²) in [6.45, 7) is 5.63. The molecular weight excluding hydrogens is 250 g/mol. The van der Waals surface area contributed by atoms with Crippen LogP contribution in [-0.2, 0) is 6.42 Å². The molecule has 1 N–H and O–H groups in total. The lowest BCUT2D eigenvalue weighted by Crippen LogP contribution is -2.29. The Kier molecular flexibility index (Phi) is 6.25. The Morgan fingerprint density at radius 3 is 2.89 bits per heavy atom. The molecule has 0 aliphatic carbocycles. The van der Waals surface area contributed by atoms with E-state index in [-0.39, 0.29) is 0 Å². The predicted molar refractivity (Wildman–Crippen MR) is 87.0 cm³/mol. The van der Waals surface area contributed by atoms with E-state index in [0.717, 1.165) is 11.8 Å². The molecule has 1 aromatic carbocycles. The van der Waals surface area contributed by atoms with Crippen LogP contribution in [0.1, 0.15) is 56.7 Å². The zero-order valence-electron chi connectivity index (χ0n) is 12.3. The van der Waals surface area contributed by atoms with E-state index in [2.05, 4.69) is 55.2 Å². The van der Waals surface area contributed by atoms with Gasteiger partial charge in [-0.3, -0.25) is 0 Å². The third-order valence-corrected chi connectivity index (χ3v) is 5.26. The Bertz CT molecular complexity index is 371. The Labute approximate surface area is 122 Å². The summed E-state index contributed by atoms with van der Waals surface area (Å²) in [6.07, 6.45) is 6.39. The fourth-order valence-electron chi connectivity index (χ4n) is 2.86. The number of hydrogen-bond acceptors (Lipinski definition) is 2. The molecule has 1 nitrogen and oxygen atoms in total. The van der Waals surface area contributed by atoms with Gasteiger partial charge >= 0.3 is 0 Å². The molecule has 1 aliphatic heterocycles. The van der Waals surface area contributed by atoms with Crippen molar-refractivity contribution in [3.05, 3.63) is 35.4 Å². The van der Waals surface area contributed by atoms with Gasteiger partial charge in [0.2, 0.25) is 0 Å². The third-order valence-electron chi connectivity index (χ3n) is 3.80. The van der Waals surface area contributed by atoms with Crippen molar-refractivity contribution in [2.75, 3.05) is 12.3 Å². The summed E-state index contributed by atoms with van der Waals surface area (Å²) in [4.78, 5) is 0. The molecule has 0 aromatic heterocycles. The van der Waals surface area contributed by atoms with Gasteiger partial charge in [-0.05, 0) is 49.1 Å². The van der Waals surface area contributed by atoms with E-state index in [1.165, 1.54) is 49.0 Å². The first-order valence-electron chi connectivity index (χ1n) is 7.79. The van der Waals surface area contributed by atoms with Gasteiger partial charge in [0.05, 0.1) is 0 Å². The minimum atomic E-state index is 0.546. The topological polar surface area (TPSA) is 12.0 Å².